The Morgan fingerprint density at radius 1 is 1.12 bits per heavy atom. The summed E-state index contributed by atoms with van der Waals surface area (Å²) < 4.78 is 83.4. The number of aliphatic imine (C=N–C) groups is 1. The fraction of sp³-hybridized carbons (Fsp3) is 0.600. The van der Waals surface area contributed by atoms with Crippen molar-refractivity contribution in [1.29, 1.82) is 0 Å². The summed E-state index contributed by atoms with van der Waals surface area (Å²) in [5.41, 5.74) is -3.12. The summed E-state index contributed by atoms with van der Waals surface area (Å²) >= 11 is 0. The molecule has 1 unspecified atom stereocenters. The molecule has 1 aromatic carbocycles. The molecular weight excluding hydrogens is 442 g/mol. The van der Waals surface area contributed by atoms with E-state index >= 15 is 0 Å². The molecule has 32 heavy (non-hydrogen) atoms. The van der Waals surface area contributed by atoms with Crippen molar-refractivity contribution in [3.8, 4) is 0 Å². The van der Waals surface area contributed by atoms with Crippen LogP contribution < -0.4 is 5.32 Å². The van der Waals surface area contributed by atoms with Crippen LogP contribution in [0, 0.1) is 5.92 Å². The van der Waals surface area contributed by atoms with Crippen molar-refractivity contribution in [1.82, 2.24) is 15.1 Å². The number of hydrogen-bond donors (Lipinski definition) is 1. The minimum atomic E-state index is -4.94. The van der Waals surface area contributed by atoms with Crippen LogP contribution in [0.1, 0.15) is 23.1 Å². The number of urea groups is 1. The minimum absolute atomic E-state index is 0.0953. The summed E-state index contributed by atoms with van der Waals surface area (Å²) in [5, 5.41) is 3.01. The highest BCUT2D eigenvalue weighted by Crippen LogP contribution is 2.37. The van der Waals surface area contributed by atoms with E-state index in [1.54, 1.807) is 19.0 Å². The van der Waals surface area contributed by atoms with Gasteiger partial charge in [-0.15, -0.1) is 0 Å². The number of amidine groups is 1. The van der Waals surface area contributed by atoms with E-state index in [9.17, 15) is 31.1 Å². The number of likely N-dealkylation sites (tertiary alicyclic amines) is 2. The maximum Gasteiger partial charge on any atom is 0.416 e. The number of amides is 2. The molecule has 0 radical (unpaired) electrons. The molecule has 2 fully saturated rings. The first kappa shape index (κ1) is 24.1. The van der Waals surface area contributed by atoms with Crippen LogP contribution in [0.25, 0.3) is 0 Å². The molecule has 0 saturated carbocycles. The average Bonchev–Trinajstić information content (AvgIpc) is 3.16. The molecule has 1 N–H and O–H groups in total. The largest absolute Gasteiger partial charge is 0.416 e. The molecule has 1 atom stereocenters. The van der Waals surface area contributed by atoms with Crippen LogP contribution >= 0.6 is 0 Å². The Bertz CT molecular complexity index is 865. The van der Waals surface area contributed by atoms with Crippen LogP contribution in [-0.2, 0) is 23.7 Å². The number of alkyl halides is 6. The van der Waals surface area contributed by atoms with Crippen molar-refractivity contribution in [2.75, 3.05) is 40.3 Å². The fourth-order valence-corrected chi connectivity index (χ4v) is 3.91. The number of rotatable bonds is 4. The first-order valence-corrected chi connectivity index (χ1v) is 10.0. The van der Waals surface area contributed by atoms with Gasteiger partial charge in [0.05, 0.1) is 36.9 Å². The Labute approximate surface area is 181 Å². The van der Waals surface area contributed by atoms with Crippen molar-refractivity contribution in [3.63, 3.8) is 0 Å². The lowest BCUT2D eigenvalue weighted by Crippen LogP contribution is -2.58. The Morgan fingerprint density at radius 2 is 1.81 bits per heavy atom. The Morgan fingerprint density at radius 3 is 2.38 bits per heavy atom. The van der Waals surface area contributed by atoms with Gasteiger partial charge in [0.25, 0.3) is 0 Å². The molecule has 6 nitrogen and oxygen atoms in total. The van der Waals surface area contributed by atoms with Crippen LogP contribution in [0.3, 0.4) is 0 Å². The number of hydrogen-bond acceptors (Lipinski definition) is 3. The number of carbonyl (C=O) groups is 1. The zero-order valence-electron chi connectivity index (χ0n) is 17.6. The molecule has 2 saturated heterocycles. The van der Waals surface area contributed by atoms with Gasteiger partial charge >= 0.3 is 18.4 Å². The SMILES string of the molecule is CN=C(NC)C1CCN(C(=O)N2CC(OCc3ccc(C(F)(F)F)cc3C(F)(F)F)C2)C1. The van der Waals surface area contributed by atoms with Crippen LogP contribution in [0.2, 0.25) is 0 Å². The summed E-state index contributed by atoms with van der Waals surface area (Å²) in [7, 11) is 3.44. The molecular formula is C20H24F6N4O2. The van der Waals surface area contributed by atoms with E-state index < -0.39 is 36.2 Å². The normalized spacial score (nSPS) is 20.5. The quantitative estimate of drug-likeness (QED) is 0.419. The van der Waals surface area contributed by atoms with Crippen LogP contribution in [0.5, 0.6) is 0 Å². The third-order valence-electron chi connectivity index (χ3n) is 5.68. The van der Waals surface area contributed by atoms with Crippen LogP contribution in [-0.4, -0.2) is 68.0 Å². The molecule has 2 aliphatic rings. The Balaban J connectivity index is 1.54. The van der Waals surface area contributed by atoms with Crippen LogP contribution in [0.15, 0.2) is 23.2 Å². The topological polar surface area (TPSA) is 57.2 Å². The number of nitrogens with zero attached hydrogens (tertiary/aromatic N) is 3. The van der Waals surface area contributed by atoms with E-state index in [1.165, 1.54) is 4.90 Å². The molecule has 1 aromatic rings. The summed E-state index contributed by atoms with van der Waals surface area (Å²) in [6, 6.07) is 1.31. The smallest absolute Gasteiger partial charge is 0.377 e. The van der Waals surface area contributed by atoms with Gasteiger partial charge in [-0.05, 0) is 24.1 Å². The maximum absolute atomic E-state index is 13.2. The molecule has 2 aliphatic heterocycles. The third kappa shape index (κ3) is 5.28. The van der Waals surface area contributed by atoms with E-state index in [1.807, 2.05) is 0 Å². The summed E-state index contributed by atoms with van der Waals surface area (Å²) in [4.78, 5) is 20.0. The standard InChI is InChI=1S/C20H24F6N4O2/c1-27-17(28-2)12-5-6-29(8-12)18(31)30-9-15(10-30)32-11-13-3-4-14(19(21,22)23)7-16(13)20(24,25)26/h3-4,7,12,15H,5-6,8-11H2,1-2H3,(H,27,28). The molecule has 3 rings (SSSR count). The highest BCUT2D eigenvalue weighted by molar-refractivity contribution is 5.86. The van der Waals surface area contributed by atoms with Gasteiger partial charge in [-0.2, -0.15) is 26.3 Å². The van der Waals surface area contributed by atoms with Gasteiger partial charge in [0.1, 0.15) is 5.84 Å². The van der Waals surface area contributed by atoms with Crippen molar-refractivity contribution in [3.05, 3.63) is 34.9 Å². The van der Waals surface area contributed by atoms with Crippen molar-refractivity contribution < 1.29 is 35.9 Å². The molecule has 0 aromatic heterocycles. The third-order valence-corrected chi connectivity index (χ3v) is 5.68. The van der Waals surface area contributed by atoms with Gasteiger partial charge in [-0.25, -0.2) is 4.79 Å². The van der Waals surface area contributed by atoms with Crippen molar-refractivity contribution in [2.24, 2.45) is 10.9 Å². The van der Waals surface area contributed by atoms with Crippen molar-refractivity contribution >= 4 is 11.9 Å². The van der Waals surface area contributed by atoms with E-state index in [0.29, 0.717) is 19.2 Å². The first-order valence-electron chi connectivity index (χ1n) is 10.0. The van der Waals surface area contributed by atoms with Gasteiger partial charge in [0.2, 0.25) is 0 Å². The summed E-state index contributed by atoms with van der Waals surface area (Å²) in [6.45, 7) is 1.02. The number of carbonyl (C=O) groups excluding carboxylic acids is 1. The van der Waals surface area contributed by atoms with Gasteiger partial charge in [-0.3, -0.25) is 4.99 Å². The van der Waals surface area contributed by atoms with Gasteiger partial charge < -0.3 is 19.9 Å². The summed E-state index contributed by atoms with van der Waals surface area (Å²) in [5.74, 6) is 0.949. The fourth-order valence-electron chi connectivity index (χ4n) is 3.91. The van der Waals surface area contributed by atoms with Gasteiger partial charge in [0, 0.05) is 33.1 Å². The molecule has 2 heterocycles. The second-order valence-corrected chi connectivity index (χ2v) is 7.78. The highest BCUT2D eigenvalue weighted by atomic mass is 19.4. The molecule has 0 aliphatic carbocycles. The highest BCUT2D eigenvalue weighted by Gasteiger charge is 2.40. The average molecular weight is 466 g/mol. The lowest BCUT2D eigenvalue weighted by Gasteiger charge is -2.41. The molecule has 178 valence electrons. The van der Waals surface area contributed by atoms with E-state index in [2.05, 4.69) is 10.3 Å². The maximum atomic E-state index is 13.2. The zero-order valence-corrected chi connectivity index (χ0v) is 17.6. The van der Waals surface area contributed by atoms with Gasteiger partial charge in [0.15, 0.2) is 0 Å². The monoisotopic (exact) mass is 466 g/mol. The number of ether oxygens (including phenoxy) is 1. The predicted octanol–water partition coefficient (Wildman–Crippen LogP) is 3.61. The lowest BCUT2D eigenvalue weighted by molar-refractivity contribution is -0.144. The van der Waals surface area contributed by atoms with E-state index in [-0.39, 0.29) is 36.7 Å². The first-order chi connectivity index (χ1) is 14.9. The van der Waals surface area contributed by atoms with Crippen LogP contribution in [0.4, 0.5) is 31.1 Å². The lowest BCUT2D eigenvalue weighted by atomic mass is 10.0. The molecule has 2 amide bonds. The minimum Gasteiger partial charge on any atom is -0.377 e. The molecule has 0 bridgehead atoms. The van der Waals surface area contributed by atoms with E-state index in [4.69, 9.17) is 4.74 Å². The zero-order chi connectivity index (χ0) is 23.7. The number of benzene rings is 1. The number of nitrogens with one attached hydrogen (secondary N) is 1. The van der Waals surface area contributed by atoms with Crippen molar-refractivity contribution in [2.45, 2.75) is 31.5 Å². The van der Waals surface area contributed by atoms with Gasteiger partial charge in [-0.1, -0.05) is 6.07 Å². The van der Waals surface area contributed by atoms with E-state index in [0.717, 1.165) is 18.3 Å². The Hall–Kier alpha value is -2.50. The summed E-state index contributed by atoms with van der Waals surface area (Å²) in [6.07, 6.45) is -9.52. The number of halogens is 6. The molecule has 0 spiro atoms. The predicted molar refractivity (Wildman–Crippen MR) is 104 cm³/mol. The Kier molecular flexibility index (Phi) is 6.91. The molecule has 12 heteroatoms. The second kappa shape index (κ2) is 9.16. The second-order valence-electron chi connectivity index (χ2n) is 7.78.